The van der Waals surface area contributed by atoms with Crippen LogP contribution in [0.3, 0.4) is 0 Å². The number of hydrogen-bond acceptors (Lipinski definition) is 2. The van der Waals surface area contributed by atoms with Crippen LogP contribution in [0.15, 0.2) is 41.3 Å². The topological polar surface area (TPSA) is 42.2 Å². The lowest BCUT2D eigenvalue weighted by Gasteiger charge is -2.05. The van der Waals surface area contributed by atoms with Crippen molar-refractivity contribution in [2.24, 2.45) is 7.05 Å². The Balaban J connectivity index is 2.53. The van der Waals surface area contributed by atoms with E-state index in [1.165, 1.54) is 16.7 Å². The molecule has 1 aromatic heterocycles. The van der Waals surface area contributed by atoms with Crippen LogP contribution < -0.4 is 5.56 Å². The van der Waals surface area contributed by atoms with E-state index in [-0.39, 0.29) is 12.2 Å². The zero-order valence-corrected chi connectivity index (χ0v) is 9.35. The molecule has 0 saturated carbocycles. The molecule has 3 nitrogen and oxygen atoms in total. The summed E-state index contributed by atoms with van der Waals surface area (Å²) in [5.41, 5.74) is 1.22. The second-order valence-corrected chi connectivity index (χ2v) is 3.84. The summed E-state index contributed by atoms with van der Waals surface area (Å²) in [6.07, 6.45) is 1.59. The lowest BCUT2D eigenvalue weighted by molar-refractivity contribution is 0.281. The normalized spacial score (nSPS) is 10.5. The standard InChI is InChI=1S/C13H12FNO2/c1-15-5-4-10(7-13(15)17)11-3-2-9(8-16)6-12(11)14/h2-7,16H,8H2,1H3. The maximum Gasteiger partial charge on any atom is 0.250 e. The summed E-state index contributed by atoms with van der Waals surface area (Å²) in [7, 11) is 1.64. The highest BCUT2D eigenvalue weighted by Crippen LogP contribution is 2.22. The van der Waals surface area contributed by atoms with Gasteiger partial charge < -0.3 is 9.67 Å². The average Bonchev–Trinajstić information content (AvgIpc) is 2.32. The van der Waals surface area contributed by atoms with Gasteiger partial charge in [-0.25, -0.2) is 4.39 Å². The third-order valence-electron chi connectivity index (χ3n) is 2.63. The first-order chi connectivity index (χ1) is 8.11. The molecule has 0 aliphatic carbocycles. The predicted molar refractivity (Wildman–Crippen MR) is 63.0 cm³/mol. The van der Waals surface area contributed by atoms with E-state index in [9.17, 15) is 9.18 Å². The van der Waals surface area contributed by atoms with Crippen molar-refractivity contribution in [1.29, 1.82) is 0 Å². The molecular formula is C13H12FNO2. The third kappa shape index (κ3) is 2.26. The number of aliphatic hydroxyl groups is 1. The number of halogens is 1. The summed E-state index contributed by atoms with van der Waals surface area (Å²) < 4.78 is 15.2. The highest BCUT2D eigenvalue weighted by molar-refractivity contribution is 5.63. The molecule has 0 radical (unpaired) electrons. The Morgan fingerprint density at radius 1 is 1.29 bits per heavy atom. The number of aromatic nitrogens is 1. The first-order valence-electron chi connectivity index (χ1n) is 5.18. The SMILES string of the molecule is Cn1ccc(-c2ccc(CO)cc2F)cc1=O. The fraction of sp³-hybridized carbons (Fsp3) is 0.154. The molecule has 0 amide bonds. The summed E-state index contributed by atoms with van der Waals surface area (Å²) >= 11 is 0. The molecule has 88 valence electrons. The zero-order chi connectivity index (χ0) is 12.4. The van der Waals surface area contributed by atoms with Gasteiger partial charge in [0.15, 0.2) is 0 Å². The summed E-state index contributed by atoms with van der Waals surface area (Å²) in [5, 5.41) is 8.88. The van der Waals surface area contributed by atoms with Crippen molar-refractivity contribution < 1.29 is 9.50 Å². The highest BCUT2D eigenvalue weighted by atomic mass is 19.1. The van der Waals surface area contributed by atoms with E-state index in [1.54, 1.807) is 31.4 Å². The Morgan fingerprint density at radius 3 is 2.65 bits per heavy atom. The van der Waals surface area contributed by atoms with E-state index in [0.717, 1.165) is 0 Å². The van der Waals surface area contributed by atoms with E-state index in [2.05, 4.69) is 0 Å². The molecule has 0 saturated heterocycles. The van der Waals surface area contributed by atoms with E-state index >= 15 is 0 Å². The van der Waals surface area contributed by atoms with Gasteiger partial charge in [-0.1, -0.05) is 12.1 Å². The van der Waals surface area contributed by atoms with Crippen LogP contribution in [0.4, 0.5) is 4.39 Å². The van der Waals surface area contributed by atoms with Crippen molar-refractivity contribution in [1.82, 2.24) is 4.57 Å². The van der Waals surface area contributed by atoms with Gasteiger partial charge in [-0.15, -0.1) is 0 Å². The van der Waals surface area contributed by atoms with Gasteiger partial charge in [0.25, 0.3) is 5.56 Å². The van der Waals surface area contributed by atoms with Gasteiger partial charge in [0.1, 0.15) is 5.82 Å². The number of rotatable bonds is 2. The summed E-state index contributed by atoms with van der Waals surface area (Å²) in [4.78, 5) is 11.4. The molecule has 0 unspecified atom stereocenters. The molecule has 1 heterocycles. The lowest BCUT2D eigenvalue weighted by atomic mass is 10.0. The molecule has 0 spiro atoms. The Hall–Kier alpha value is -1.94. The number of nitrogens with zero attached hydrogens (tertiary/aromatic N) is 1. The maximum atomic E-state index is 13.7. The number of benzene rings is 1. The first-order valence-corrected chi connectivity index (χ1v) is 5.18. The molecule has 2 rings (SSSR count). The lowest BCUT2D eigenvalue weighted by Crippen LogP contribution is -2.14. The fourth-order valence-electron chi connectivity index (χ4n) is 1.61. The van der Waals surface area contributed by atoms with E-state index in [4.69, 9.17) is 5.11 Å². The van der Waals surface area contributed by atoms with E-state index in [0.29, 0.717) is 16.7 Å². The van der Waals surface area contributed by atoms with Gasteiger partial charge in [-0.3, -0.25) is 4.79 Å². The number of aryl methyl sites for hydroxylation is 1. The molecule has 0 bridgehead atoms. The first kappa shape index (κ1) is 11.5. The van der Waals surface area contributed by atoms with Gasteiger partial charge in [0, 0.05) is 24.9 Å². The zero-order valence-electron chi connectivity index (χ0n) is 9.35. The van der Waals surface area contributed by atoms with Crippen molar-refractivity contribution in [2.45, 2.75) is 6.61 Å². The second-order valence-electron chi connectivity index (χ2n) is 3.84. The molecule has 0 atom stereocenters. The summed E-state index contributed by atoms with van der Waals surface area (Å²) in [6, 6.07) is 7.54. The van der Waals surface area contributed by atoms with Gasteiger partial charge in [0.05, 0.1) is 6.61 Å². The molecule has 4 heteroatoms. The largest absolute Gasteiger partial charge is 0.392 e. The Labute approximate surface area is 97.8 Å². The Kier molecular flexibility index (Phi) is 3.06. The average molecular weight is 233 g/mol. The van der Waals surface area contributed by atoms with Crippen molar-refractivity contribution in [2.75, 3.05) is 0 Å². The number of pyridine rings is 1. The van der Waals surface area contributed by atoms with Crippen LogP contribution in [-0.2, 0) is 13.7 Å². The fourth-order valence-corrected chi connectivity index (χ4v) is 1.61. The molecule has 0 aliphatic rings. The van der Waals surface area contributed by atoms with Crippen molar-refractivity contribution in [3.05, 3.63) is 58.3 Å². The molecule has 17 heavy (non-hydrogen) atoms. The highest BCUT2D eigenvalue weighted by Gasteiger charge is 2.06. The van der Waals surface area contributed by atoms with E-state index < -0.39 is 5.82 Å². The maximum absolute atomic E-state index is 13.7. The predicted octanol–water partition coefficient (Wildman–Crippen LogP) is 1.68. The van der Waals surface area contributed by atoms with Crippen LogP contribution in [0.2, 0.25) is 0 Å². The van der Waals surface area contributed by atoms with Gasteiger partial charge in [-0.2, -0.15) is 0 Å². The summed E-state index contributed by atoms with van der Waals surface area (Å²) in [5.74, 6) is -0.440. The molecular weight excluding hydrogens is 221 g/mol. The van der Waals surface area contributed by atoms with Crippen LogP contribution in [0.25, 0.3) is 11.1 Å². The second kappa shape index (κ2) is 4.51. The van der Waals surface area contributed by atoms with Crippen molar-refractivity contribution >= 4 is 0 Å². The smallest absolute Gasteiger partial charge is 0.250 e. The Morgan fingerprint density at radius 2 is 2.06 bits per heavy atom. The minimum Gasteiger partial charge on any atom is -0.392 e. The van der Waals surface area contributed by atoms with Crippen LogP contribution in [-0.4, -0.2) is 9.67 Å². The monoisotopic (exact) mass is 233 g/mol. The minimum absolute atomic E-state index is 0.187. The molecule has 2 aromatic rings. The molecule has 1 aromatic carbocycles. The van der Waals surface area contributed by atoms with Gasteiger partial charge >= 0.3 is 0 Å². The minimum atomic E-state index is -0.440. The van der Waals surface area contributed by atoms with Crippen LogP contribution in [0, 0.1) is 5.82 Å². The van der Waals surface area contributed by atoms with Crippen LogP contribution in [0.5, 0.6) is 0 Å². The number of hydrogen-bond donors (Lipinski definition) is 1. The van der Waals surface area contributed by atoms with Gasteiger partial charge in [-0.05, 0) is 23.3 Å². The Bertz CT molecular complexity index is 605. The number of aliphatic hydroxyl groups excluding tert-OH is 1. The van der Waals surface area contributed by atoms with Crippen molar-refractivity contribution in [3.8, 4) is 11.1 Å². The van der Waals surface area contributed by atoms with Crippen LogP contribution in [0.1, 0.15) is 5.56 Å². The van der Waals surface area contributed by atoms with Crippen LogP contribution >= 0.6 is 0 Å². The quantitative estimate of drug-likeness (QED) is 0.857. The van der Waals surface area contributed by atoms with Gasteiger partial charge in [0.2, 0.25) is 0 Å². The molecule has 0 fully saturated rings. The van der Waals surface area contributed by atoms with E-state index in [1.807, 2.05) is 0 Å². The van der Waals surface area contributed by atoms with Crippen molar-refractivity contribution in [3.63, 3.8) is 0 Å². The third-order valence-corrected chi connectivity index (χ3v) is 2.63. The summed E-state index contributed by atoms with van der Waals surface area (Å²) in [6.45, 7) is -0.201. The molecule has 1 N–H and O–H groups in total. The molecule has 0 aliphatic heterocycles.